The molecular weight excluding hydrogens is 228 g/mol. The molecule has 5 heteroatoms. The molecule has 1 saturated carbocycles. The zero-order chi connectivity index (χ0) is 13.0. The van der Waals surface area contributed by atoms with E-state index in [4.69, 9.17) is 0 Å². The Morgan fingerprint density at radius 1 is 1.56 bits per heavy atom. The van der Waals surface area contributed by atoms with Crippen molar-refractivity contribution in [3.63, 3.8) is 0 Å². The first-order valence-corrected chi connectivity index (χ1v) is 6.43. The minimum atomic E-state index is -0.382. The lowest BCUT2D eigenvalue weighted by molar-refractivity contribution is 0.0928. The molecule has 0 aromatic carbocycles. The maximum Gasteiger partial charge on any atom is 0.255 e. The summed E-state index contributed by atoms with van der Waals surface area (Å²) >= 11 is 0. The molecular formula is C13H18N4O. The second-order valence-electron chi connectivity index (χ2n) is 4.89. The van der Waals surface area contributed by atoms with Crippen LogP contribution in [0.2, 0.25) is 0 Å². The SMILES string of the molecule is Cc1[nH]ncc1C(=O)NC(C#N)C1CCCCC1. The number of nitriles is 1. The molecule has 1 atom stereocenters. The Hall–Kier alpha value is -1.83. The summed E-state index contributed by atoms with van der Waals surface area (Å²) in [5.74, 6) is 0.0817. The van der Waals surface area contributed by atoms with Crippen LogP contribution in [-0.4, -0.2) is 22.1 Å². The van der Waals surface area contributed by atoms with Crippen LogP contribution in [0, 0.1) is 24.2 Å². The summed E-state index contributed by atoms with van der Waals surface area (Å²) in [5.41, 5.74) is 1.25. The van der Waals surface area contributed by atoms with E-state index in [0.29, 0.717) is 11.5 Å². The molecule has 1 aliphatic rings. The van der Waals surface area contributed by atoms with Crippen LogP contribution in [0.4, 0.5) is 0 Å². The number of aromatic nitrogens is 2. The number of hydrogen-bond acceptors (Lipinski definition) is 3. The lowest BCUT2D eigenvalue weighted by atomic mass is 9.84. The summed E-state index contributed by atoms with van der Waals surface area (Å²) in [6.07, 6.45) is 7.11. The van der Waals surface area contributed by atoms with Gasteiger partial charge in [-0.15, -0.1) is 0 Å². The number of nitrogens with zero attached hydrogens (tertiary/aromatic N) is 2. The third-order valence-electron chi connectivity index (χ3n) is 3.62. The van der Waals surface area contributed by atoms with Crippen molar-refractivity contribution in [2.75, 3.05) is 0 Å². The first-order chi connectivity index (χ1) is 8.72. The lowest BCUT2D eigenvalue weighted by Gasteiger charge is -2.26. The van der Waals surface area contributed by atoms with Crippen LogP contribution in [0.15, 0.2) is 6.20 Å². The first kappa shape index (κ1) is 12.6. The molecule has 0 spiro atoms. The molecule has 0 aliphatic heterocycles. The van der Waals surface area contributed by atoms with Crippen molar-refractivity contribution in [3.05, 3.63) is 17.5 Å². The van der Waals surface area contributed by atoms with E-state index < -0.39 is 0 Å². The summed E-state index contributed by atoms with van der Waals surface area (Å²) in [4.78, 5) is 12.0. The van der Waals surface area contributed by atoms with Crippen molar-refractivity contribution < 1.29 is 4.79 Å². The van der Waals surface area contributed by atoms with Crippen molar-refractivity contribution in [2.24, 2.45) is 5.92 Å². The summed E-state index contributed by atoms with van der Waals surface area (Å²) in [6, 6.07) is 1.84. The molecule has 18 heavy (non-hydrogen) atoms. The van der Waals surface area contributed by atoms with Crippen molar-refractivity contribution in [1.82, 2.24) is 15.5 Å². The molecule has 1 unspecified atom stereocenters. The van der Waals surface area contributed by atoms with Crippen LogP contribution in [0.1, 0.15) is 48.2 Å². The Morgan fingerprint density at radius 3 is 2.83 bits per heavy atom. The number of rotatable bonds is 3. The highest BCUT2D eigenvalue weighted by Crippen LogP contribution is 2.26. The fraction of sp³-hybridized carbons (Fsp3) is 0.615. The van der Waals surface area contributed by atoms with E-state index >= 15 is 0 Å². The molecule has 1 aromatic heterocycles. The summed E-state index contributed by atoms with van der Waals surface area (Å²) < 4.78 is 0. The largest absolute Gasteiger partial charge is 0.336 e. The van der Waals surface area contributed by atoms with Crippen LogP contribution >= 0.6 is 0 Å². The summed E-state index contributed by atoms with van der Waals surface area (Å²) in [5, 5.41) is 18.6. The van der Waals surface area contributed by atoms with Gasteiger partial charge in [-0.05, 0) is 25.7 Å². The minimum Gasteiger partial charge on any atom is -0.336 e. The Labute approximate surface area is 107 Å². The average molecular weight is 246 g/mol. The summed E-state index contributed by atoms with van der Waals surface area (Å²) in [7, 11) is 0. The zero-order valence-electron chi connectivity index (χ0n) is 10.6. The van der Waals surface area contributed by atoms with Gasteiger partial charge in [0, 0.05) is 5.69 Å². The second-order valence-corrected chi connectivity index (χ2v) is 4.89. The number of aryl methyl sites for hydroxylation is 1. The fourth-order valence-electron chi connectivity index (χ4n) is 2.52. The molecule has 5 nitrogen and oxygen atoms in total. The molecule has 1 aliphatic carbocycles. The monoisotopic (exact) mass is 246 g/mol. The van der Waals surface area contributed by atoms with Crippen LogP contribution in [0.3, 0.4) is 0 Å². The van der Waals surface area contributed by atoms with Gasteiger partial charge >= 0.3 is 0 Å². The van der Waals surface area contributed by atoms with Gasteiger partial charge < -0.3 is 5.32 Å². The topological polar surface area (TPSA) is 81.6 Å². The van der Waals surface area contributed by atoms with E-state index in [1.54, 1.807) is 6.92 Å². The predicted octanol–water partition coefficient (Wildman–Crippen LogP) is 1.92. The van der Waals surface area contributed by atoms with Gasteiger partial charge in [-0.3, -0.25) is 9.89 Å². The van der Waals surface area contributed by atoms with Gasteiger partial charge in [-0.1, -0.05) is 19.3 Å². The zero-order valence-corrected chi connectivity index (χ0v) is 10.6. The molecule has 0 bridgehead atoms. The number of amides is 1. The highest BCUT2D eigenvalue weighted by molar-refractivity contribution is 5.95. The Balaban J connectivity index is 2.00. The molecule has 2 N–H and O–H groups in total. The van der Waals surface area contributed by atoms with Crippen LogP contribution in [0.25, 0.3) is 0 Å². The van der Waals surface area contributed by atoms with Crippen LogP contribution < -0.4 is 5.32 Å². The van der Waals surface area contributed by atoms with E-state index in [1.807, 2.05) is 0 Å². The predicted molar refractivity (Wildman–Crippen MR) is 66.8 cm³/mol. The molecule has 0 radical (unpaired) electrons. The quantitative estimate of drug-likeness (QED) is 0.854. The molecule has 1 amide bonds. The van der Waals surface area contributed by atoms with Gasteiger partial charge in [0.25, 0.3) is 5.91 Å². The normalized spacial score (nSPS) is 18.0. The van der Waals surface area contributed by atoms with E-state index in [1.165, 1.54) is 12.6 Å². The van der Waals surface area contributed by atoms with Crippen molar-refractivity contribution >= 4 is 5.91 Å². The third-order valence-corrected chi connectivity index (χ3v) is 3.62. The Kier molecular flexibility index (Phi) is 3.98. The number of H-pyrrole nitrogens is 1. The highest BCUT2D eigenvalue weighted by Gasteiger charge is 2.25. The maximum absolute atomic E-state index is 12.0. The third kappa shape index (κ3) is 2.70. The van der Waals surface area contributed by atoms with Crippen molar-refractivity contribution in [2.45, 2.75) is 45.1 Å². The highest BCUT2D eigenvalue weighted by atomic mass is 16.1. The smallest absolute Gasteiger partial charge is 0.255 e. The van der Waals surface area contributed by atoms with Crippen molar-refractivity contribution in [1.29, 1.82) is 5.26 Å². The molecule has 1 fully saturated rings. The van der Waals surface area contributed by atoms with E-state index in [0.717, 1.165) is 31.4 Å². The number of aromatic amines is 1. The summed E-state index contributed by atoms with van der Waals surface area (Å²) in [6.45, 7) is 1.80. The Bertz CT molecular complexity index is 454. The van der Waals surface area contributed by atoms with E-state index in [9.17, 15) is 10.1 Å². The van der Waals surface area contributed by atoms with Gasteiger partial charge in [-0.25, -0.2) is 0 Å². The number of nitrogens with one attached hydrogen (secondary N) is 2. The molecule has 0 saturated heterocycles. The van der Waals surface area contributed by atoms with Crippen LogP contribution in [-0.2, 0) is 0 Å². The lowest BCUT2D eigenvalue weighted by Crippen LogP contribution is -2.40. The van der Waals surface area contributed by atoms with Crippen molar-refractivity contribution in [3.8, 4) is 6.07 Å². The van der Waals surface area contributed by atoms with E-state index in [2.05, 4.69) is 21.6 Å². The first-order valence-electron chi connectivity index (χ1n) is 6.43. The standard InChI is InChI=1S/C13H18N4O/c1-9-11(8-15-17-9)13(18)16-12(7-14)10-5-3-2-4-6-10/h8,10,12H,2-6H2,1H3,(H,15,17)(H,16,18). The molecule has 96 valence electrons. The molecule has 1 aromatic rings. The molecule has 2 rings (SSSR count). The van der Waals surface area contributed by atoms with Gasteiger partial charge in [0.1, 0.15) is 6.04 Å². The van der Waals surface area contributed by atoms with E-state index in [-0.39, 0.29) is 11.9 Å². The van der Waals surface area contributed by atoms with Gasteiger partial charge in [0.2, 0.25) is 0 Å². The molecule has 1 heterocycles. The number of hydrogen-bond donors (Lipinski definition) is 2. The Morgan fingerprint density at radius 2 is 2.28 bits per heavy atom. The van der Waals surface area contributed by atoms with Crippen LogP contribution in [0.5, 0.6) is 0 Å². The number of carbonyl (C=O) groups is 1. The second kappa shape index (κ2) is 5.67. The van der Waals surface area contributed by atoms with Gasteiger partial charge in [0.05, 0.1) is 17.8 Å². The number of carbonyl (C=O) groups excluding carboxylic acids is 1. The maximum atomic E-state index is 12.0. The van der Waals surface area contributed by atoms with Gasteiger partial charge in [-0.2, -0.15) is 10.4 Å². The van der Waals surface area contributed by atoms with Gasteiger partial charge in [0.15, 0.2) is 0 Å². The average Bonchev–Trinajstić information content (AvgIpc) is 2.83. The fourth-order valence-corrected chi connectivity index (χ4v) is 2.52. The minimum absolute atomic E-state index is 0.210.